The molecule has 0 aromatic carbocycles. The SMILES string of the molecule is CCCNCCc1ncon1. The van der Waals surface area contributed by atoms with E-state index in [-0.39, 0.29) is 0 Å². The molecule has 4 heteroatoms. The van der Waals surface area contributed by atoms with Gasteiger partial charge < -0.3 is 9.84 Å². The molecule has 0 aliphatic heterocycles. The van der Waals surface area contributed by atoms with Crippen LogP contribution < -0.4 is 5.32 Å². The molecule has 0 saturated carbocycles. The summed E-state index contributed by atoms with van der Waals surface area (Å²) < 4.78 is 4.58. The molecule has 4 nitrogen and oxygen atoms in total. The van der Waals surface area contributed by atoms with Crippen LogP contribution in [0.1, 0.15) is 19.2 Å². The van der Waals surface area contributed by atoms with E-state index in [1.165, 1.54) is 6.39 Å². The molecule has 0 aliphatic carbocycles. The molecule has 1 aromatic rings. The molecule has 1 aromatic heterocycles. The number of aromatic nitrogens is 2. The summed E-state index contributed by atoms with van der Waals surface area (Å²) in [6, 6.07) is 0. The predicted molar refractivity (Wildman–Crippen MR) is 41.2 cm³/mol. The molecule has 0 spiro atoms. The minimum Gasteiger partial charge on any atom is -0.343 e. The normalized spacial score (nSPS) is 10.3. The lowest BCUT2D eigenvalue weighted by atomic mass is 10.4. The number of nitrogens with zero attached hydrogens (tertiary/aromatic N) is 2. The van der Waals surface area contributed by atoms with Crippen LogP contribution in [0.4, 0.5) is 0 Å². The highest BCUT2D eigenvalue weighted by Gasteiger charge is 1.95. The zero-order valence-electron chi connectivity index (χ0n) is 6.71. The van der Waals surface area contributed by atoms with E-state index in [0.29, 0.717) is 0 Å². The highest BCUT2D eigenvalue weighted by atomic mass is 16.5. The molecule has 0 atom stereocenters. The summed E-state index contributed by atoms with van der Waals surface area (Å²) in [6.45, 7) is 4.12. The van der Waals surface area contributed by atoms with Gasteiger partial charge in [-0.3, -0.25) is 0 Å². The Morgan fingerprint density at radius 3 is 3.09 bits per heavy atom. The Balaban J connectivity index is 2.04. The smallest absolute Gasteiger partial charge is 0.213 e. The van der Waals surface area contributed by atoms with Gasteiger partial charge in [-0.05, 0) is 13.0 Å². The first-order valence-electron chi connectivity index (χ1n) is 3.89. The third-order valence-corrected chi connectivity index (χ3v) is 1.36. The Kier molecular flexibility index (Phi) is 3.61. The Hall–Kier alpha value is -0.900. The average Bonchev–Trinajstić information content (AvgIpc) is 2.50. The quantitative estimate of drug-likeness (QED) is 0.633. The molecule has 0 unspecified atom stereocenters. The molecule has 0 bridgehead atoms. The lowest BCUT2D eigenvalue weighted by Crippen LogP contribution is -2.18. The number of hydrogen-bond donors (Lipinski definition) is 1. The van der Waals surface area contributed by atoms with Gasteiger partial charge in [0.25, 0.3) is 0 Å². The summed E-state index contributed by atoms with van der Waals surface area (Å²) >= 11 is 0. The van der Waals surface area contributed by atoms with Crippen LogP contribution in [0.3, 0.4) is 0 Å². The van der Waals surface area contributed by atoms with Gasteiger partial charge in [-0.2, -0.15) is 4.98 Å². The highest BCUT2D eigenvalue weighted by Crippen LogP contribution is 1.87. The molecule has 0 amide bonds. The maximum Gasteiger partial charge on any atom is 0.213 e. The van der Waals surface area contributed by atoms with Gasteiger partial charge in [-0.25, -0.2) is 0 Å². The van der Waals surface area contributed by atoms with Crippen molar-refractivity contribution in [2.75, 3.05) is 13.1 Å². The van der Waals surface area contributed by atoms with E-state index >= 15 is 0 Å². The largest absolute Gasteiger partial charge is 0.343 e. The minimum absolute atomic E-state index is 0.772. The maximum absolute atomic E-state index is 4.58. The maximum atomic E-state index is 4.58. The van der Waals surface area contributed by atoms with Gasteiger partial charge in [0.2, 0.25) is 6.39 Å². The van der Waals surface area contributed by atoms with Crippen molar-refractivity contribution in [2.45, 2.75) is 19.8 Å². The fourth-order valence-corrected chi connectivity index (χ4v) is 0.805. The molecular formula is C7H13N3O. The zero-order chi connectivity index (χ0) is 7.94. The fraction of sp³-hybridized carbons (Fsp3) is 0.714. The summed E-state index contributed by atoms with van der Waals surface area (Å²) in [5, 5.41) is 6.94. The van der Waals surface area contributed by atoms with E-state index in [9.17, 15) is 0 Å². The second-order valence-electron chi connectivity index (χ2n) is 2.35. The van der Waals surface area contributed by atoms with E-state index in [1.807, 2.05) is 0 Å². The first-order chi connectivity index (χ1) is 5.43. The Labute approximate surface area is 66.0 Å². The van der Waals surface area contributed by atoms with E-state index in [2.05, 4.69) is 26.9 Å². The minimum atomic E-state index is 0.772. The van der Waals surface area contributed by atoms with Crippen LogP contribution in [0.5, 0.6) is 0 Å². The predicted octanol–water partition coefficient (Wildman–Crippen LogP) is 0.612. The van der Waals surface area contributed by atoms with Crippen LogP contribution in [-0.4, -0.2) is 23.2 Å². The molecule has 0 saturated heterocycles. The average molecular weight is 155 g/mol. The lowest BCUT2D eigenvalue weighted by Gasteiger charge is -1.97. The van der Waals surface area contributed by atoms with E-state index < -0.39 is 0 Å². The van der Waals surface area contributed by atoms with Gasteiger partial charge in [-0.1, -0.05) is 12.1 Å². The van der Waals surface area contributed by atoms with E-state index in [1.54, 1.807) is 0 Å². The summed E-state index contributed by atoms with van der Waals surface area (Å²) in [7, 11) is 0. The third kappa shape index (κ3) is 3.13. The molecule has 0 radical (unpaired) electrons. The molecule has 1 N–H and O–H groups in total. The zero-order valence-corrected chi connectivity index (χ0v) is 6.71. The van der Waals surface area contributed by atoms with Crippen LogP contribution in [-0.2, 0) is 6.42 Å². The fourth-order valence-electron chi connectivity index (χ4n) is 0.805. The van der Waals surface area contributed by atoms with Crippen molar-refractivity contribution in [1.82, 2.24) is 15.5 Å². The Morgan fingerprint density at radius 2 is 2.45 bits per heavy atom. The van der Waals surface area contributed by atoms with Crippen LogP contribution in [0.25, 0.3) is 0 Å². The number of rotatable bonds is 5. The van der Waals surface area contributed by atoms with Crippen molar-refractivity contribution in [3.8, 4) is 0 Å². The molecule has 0 aliphatic rings. The standard InChI is InChI=1S/C7H13N3O/c1-2-4-8-5-3-7-9-6-11-10-7/h6,8H,2-5H2,1H3. The first-order valence-corrected chi connectivity index (χ1v) is 3.89. The van der Waals surface area contributed by atoms with Gasteiger partial charge in [0.1, 0.15) is 0 Å². The summed E-state index contributed by atoms with van der Waals surface area (Å²) in [4.78, 5) is 3.90. The van der Waals surface area contributed by atoms with Crippen molar-refractivity contribution in [3.63, 3.8) is 0 Å². The molecule has 1 heterocycles. The van der Waals surface area contributed by atoms with E-state index in [4.69, 9.17) is 0 Å². The molecule has 62 valence electrons. The van der Waals surface area contributed by atoms with Gasteiger partial charge >= 0.3 is 0 Å². The summed E-state index contributed by atoms with van der Waals surface area (Å²) in [5.74, 6) is 0.772. The second kappa shape index (κ2) is 4.85. The van der Waals surface area contributed by atoms with Gasteiger partial charge in [-0.15, -0.1) is 0 Å². The van der Waals surface area contributed by atoms with Crippen LogP contribution in [0.15, 0.2) is 10.9 Å². The molecular weight excluding hydrogens is 142 g/mol. The van der Waals surface area contributed by atoms with Crippen molar-refractivity contribution in [3.05, 3.63) is 12.2 Å². The summed E-state index contributed by atoms with van der Waals surface area (Å²) in [6.07, 6.45) is 3.36. The number of hydrogen-bond acceptors (Lipinski definition) is 4. The highest BCUT2D eigenvalue weighted by molar-refractivity contribution is 4.78. The van der Waals surface area contributed by atoms with Gasteiger partial charge in [0.15, 0.2) is 5.82 Å². The summed E-state index contributed by atoms with van der Waals surface area (Å²) in [5.41, 5.74) is 0. The van der Waals surface area contributed by atoms with Gasteiger partial charge in [0, 0.05) is 13.0 Å². The topological polar surface area (TPSA) is 51.0 Å². The second-order valence-corrected chi connectivity index (χ2v) is 2.35. The van der Waals surface area contributed by atoms with Crippen molar-refractivity contribution in [1.29, 1.82) is 0 Å². The number of nitrogens with one attached hydrogen (secondary N) is 1. The third-order valence-electron chi connectivity index (χ3n) is 1.36. The molecule has 1 rings (SSSR count). The van der Waals surface area contributed by atoms with Crippen LogP contribution in [0.2, 0.25) is 0 Å². The van der Waals surface area contributed by atoms with E-state index in [0.717, 1.165) is 31.8 Å². The van der Waals surface area contributed by atoms with Crippen LogP contribution in [0, 0.1) is 0 Å². The monoisotopic (exact) mass is 155 g/mol. The first kappa shape index (κ1) is 8.20. The Bertz CT molecular complexity index is 174. The lowest BCUT2D eigenvalue weighted by molar-refractivity contribution is 0.409. The van der Waals surface area contributed by atoms with Crippen molar-refractivity contribution in [2.24, 2.45) is 0 Å². The van der Waals surface area contributed by atoms with Crippen molar-refractivity contribution < 1.29 is 4.52 Å². The van der Waals surface area contributed by atoms with Crippen molar-refractivity contribution >= 4 is 0 Å². The molecule has 0 fully saturated rings. The molecule has 11 heavy (non-hydrogen) atoms. The van der Waals surface area contributed by atoms with Gasteiger partial charge in [0.05, 0.1) is 0 Å². The Morgan fingerprint density at radius 1 is 1.55 bits per heavy atom. The van der Waals surface area contributed by atoms with Crippen LogP contribution >= 0.6 is 0 Å².